The first kappa shape index (κ1) is 18.3. The third kappa shape index (κ3) is 4.99. The Morgan fingerprint density at radius 2 is 2.04 bits per heavy atom. The molecule has 2 aromatic carbocycles. The molecule has 5 nitrogen and oxygen atoms in total. The number of carbonyl (C=O) groups excluding carboxylic acids is 1. The fraction of sp³-hybridized carbons (Fsp3) is 0.381. The van der Waals surface area contributed by atoms with Crippen LogP contribution >= 0.6 is 0 Å². The van der Waals surface area contributed by atoms with Gasteiger partial charge < -0.3 is 20.1 Å². The summed E-state index contributed by atoms with van der Waals surface area (Å²) in [5, 5.41) is 6.12. The SMILES string of the molecule is Cc1ccc(C)c(NC(=O)CNc2ccccc2OCC2CCCO2)c1. The largest absolute Gasteiger partial charge is 0.489 e. The Morgan fingerprint density at radius 1 is 1.19 bits per heavy atom. The zero-order valence-electron chi connectivity index (χ0n) is 15.4. The van der Waals surface area contributed by atoms with E-state index in [4.69, 9.17) is 9.47 Å². The van der Waals surface area contributed by atoms with Crippen molar-refractivity contribution in [2.75, 3.05) is 30.4 Å². The highest BCUT2D eigenvalue weighted by molar-refractivity contribution is 5.94. The van der Waals surface area contributed by atoms with E-state index in [9.17, 15) is 4.79 Å². The van der Waals surface area contributed by atoms with Crippen LogP contribution in [0.5, 0.6) is 5.75 Å². The van der Waals surface area contributed by atoms with Gasteiger partial charge >= 0.3 is 0 Å². The number of anilines is 2. The van der Waals surface area contributed by atoms with Gasteiger partial charge in [-0.15, -0.1) is 0 Å². The maximum absolute atomic E-state index is 12.3. The molecule has 0 bridgehead atoms. The second-order valence-electron chi connectivity index (χ2n) is 6.66. The normalized spacial score (nSPS) is 16.3. The summed E-state index contributed by atoms with van der Waals surface area (Å²) >= 11 is 0. The topological polar surface area (TPSA) is 59.6 Å². The van der Waals surface area contributed by atoms with Crippen LogP contribution in [0.3, 0.4) is 0 Å². The Morgan fingerprint density at radius 3 is 2.85 bits per heavy atom. The molecule has 26 heavy (non-hydrogen) atoms. The molecule has 2 N–H and O–H groups in total. The average Bonchev–Trinajstić information content (AvgIpc) is 3.15. The molecule has 1 saturated heterocycles. The predicted octanol–water partition coefficient (Wildman–Crippen LogP) is 3.91. The molecular formula is C21H26N2O3. The molecule has 0 aromatic heterocycles. The van der Waals surface area contributed by atoms with E-state index in [0.717, 1.165) is 47.7 Å². The van der Waals surface area contributed by atoms with E-state index in [1.54, 1.807) is 0 Å². The number of aryl methyl sites for hydroxylation is 2. The van der Waals surface area contributed by atoms with Gasteiger partial charge in [0.1, 0.15) is 12.4 Å². The zero-order chi connectivity index (χ0) is 18.4. The molecule has 2 aromatic rings. The van der Waals surface area contributed by atoms with Crippen molar-refractivity contribution in [3.8, 4) is 5.75 Å². The van der Waals surface area contributed by atoms with Crippen molar-refractivity contribution in [2.24, 2.45) is 0 Å². The monoisotopic (exact) mass is 354 g/mol. The van der Waals surface area contributed by atoms with Gasteiger partial charge in [0.2, 0.25) is 5.91 Å². The first-order valence-electron chi connectivity index (χ1n) is 9.06. The van der Waals surface area contributed by atoms with Gasteiger partial charge in [-0.1, -0.05) is 24.3 Å². The molecule has 0 radical (unpaired) electrons. The highest BCUT2D eigenvalue weighted by atomic mass is 16.5. The van der Waals surface area contributed by atoms with Crippen molar-refractivity contribution in [3.63, 3.8) is 0 Å². The van der Waals surface area contributed by atoms with Crippen molar-refractivity contribution < 1.29 is 14.3 Å². The second-order valence-corrected chi connectivity index (χ2v) is 6.66. The van der Waals surface area contributed by atoms with E-state index in [2.05, 4.69) is 10.6 Å². The molecule has 1 fully saturated rings. The number of nitrogens with one attached hydrogen (secondary N) is 2. The van der Waals surface area contributed by atoms with Crippen LogP contribution < -0.4 is 15.4 Å². The van der Waals surface area contributed by atoms with Crippen LogP contribution in [-0.4, -0.2) is 31.8 Å². The maximum atomic E-state index is 12.3. The highest BCUT2D eigenvalue weighted by Gasteiger charge is 2.16. The van der Waals surface area contributed by atoms with Crippen molar-refractivity contribution in [2.45, 2.75) is 32.8 Å². The van der Waals surface area contributed by atoms with Crippen LogP contribution in [-0.2, 0) is 9.53 Å². The highest BCUT2D eigenvalue weighted by Crippen LogP contribution is 2.25. The molecule has 0 aliphatic carbocycles. The van der Waals surface area contributed by atoms with Crippen LogP contribution in [0.1, 0.15) is 24.0 Å². The molecule has 1 amide bonds. The molecule has 1 aliphatic rings. The third-order valence-electron chi connectivity index (χ3n) is 4.44. The minimum Gasteiger partial charge on any atom is -0.489 e. The lowest BCUT2D eigenvalue weighted by atomic mass is 10.1. The molecule has 5 heteroatoms. The van der Waals surface area contributed by atoms with Crippen LogP contribution in [0, 0.1) is 13.8 Å². The third-order valence-corrected chi connectivity index (χ3v) is 4.44. The second kappa shape index (κ2) is 8.72. The molecule has 1 unspecified atom stereocenters. The van der Waals surface area contributed by atoms with Gasteiger partial charge in [-0.05, 0) is 56.0 Å². The average molecular weight is 354 g/mol. The smallest absolute Gasteiger partial charge is 0.243 e. The van der Waals surface area contributed by atoms with Crippen molar-refractivity contribution >= 4 is 17.3 Å². The summed E-state index contributed by atoms with van der Waals surface area (Å²) in [6, 6.07) is 13.7. The molecule has 0 spiro atoms. The van der Waals surface area contributed by atoms with E-state index in [-0.39, 0.29) is 18.6 Å². The summed E-state index contributed by atoms with van der Waals surface area (Å²) in [5.41, 5.74) is 3.82. The summed E-state index contributed by atoms with van der Waals surface area (Å²) in [4.78, 5) is 12.3. The molecule has 1 atom stereocenters. The van der Waals surface area contributed by atoms with E-state index in [1.807, 2.05) is 56.3 Å². The van der Waals surface area contributed by atoms with Gasteiger partial charge in [-0.25, -0.2) is 0 Å². The number of rotatable bonds is 7. The first-order chi connectivity index (χ1) is 12.6. The van der Waals surface area contributed by atoms with Crippen LogP contribution in [0.2, 0.25) is 0 Å². The minimum absolute atomic E-state index is 0.0902. The Hall–Kier alpha value is -2.53. The zero-order valence-corrected chi connectivity index (χ0v) is 15.4. The van der Waals surface area contributed by atoms with E-state index in [1.165, 1.54) is 0 Å². The number of amides is 1. The van der Waals surface area contributed by atoms with Gasteiger partial charge in [-0.3, -0.25) is 4.79 Å². The van der Waals surface area contributed by atoms with E-state index >= 15 is 0 Å². The molecule has 1 heterocycles. The Bertz CT molecular complexity index is 755. The summed E-state index contributed by atoms with van der Waals surface area (Å²) in [5.74, 6) is 0.648. The van der Waals surface area contributed by atoms with Crippen molar-refractivity contribution in [1.29, 1.82) is 0 Å². The maximum Gasteiger partial charge on any atom is 0.243 e. The lowest BCUT2D eigenvalue weighted by Crippen LogP contribution is -2.23. The standard InChI is InChI=1S/C21H26N2O3/c1-15-9-10-16(2)19(12-15)23-21(24)13-22-18-7-3-4-8-20(18)26-14-17-6-5-11-25-17/h3-4,7-10,12,17,22H,5-6,11,13-14H2,1-2H3,(H,23,24). The summed E-state index contributed by atoms with van der Waals surface area (Å²) in [6.07, 6.45) is 2.29. The van der Waals surface area contributed by atoms with Crippen LogP contribution in [0.15, 0.2) is 42.5 Å². The van der Waals surface area contributed by atoms with Crippen molar-refractivity contribution in [1.82, 2.24) is 0 Å². The lowest BCUT2D eigenvalue weighted by molar-refractivity contribution is -0.114. The number of para-hydroxylation sites is 2. The lowest BCUT2D eigenvalue weighted by Gasteiger charge is -2.16. The van der Waals surface area contributed by atoms with Gasteiger partial charge in [0.25, 0.3) is 0 Å². The number of hydrogen-bond donors (Lipinski definition) is 2. The van der Waals surface area contributed by atoms with Crippen molar-refractivity contribution in [3.05, 3.63) is 53.6 Å². The van der Waals surface area contributed by atoms with E-state index < -0.39 is 0 Å². The van der Waals surface area contributed by atoms with E-state index in [0.29, 0.717) is 6.61 Å². The summed E-state index contributed by atoms with van der Waals surface area (Å²) in [6.45, 7) is 5.51. The number of carbonyl (C=O) groups is 1. The minimum atomic E-state index is -0.0902. The van der Waals surface area contributed by atoms with Crippen LogP contribution in [0.25, 0.3) is 0 Å². The number of ether oxygens (including phenoxy) is 2. The number of benzene rings is 2. The summed E-state index contributed by atoms with van der Waals surface area (Å²) < 4.78 is 11.5. The molecule has 138 valence electrons. The predicted molar refractivity (Wildman–Crippen MR) is 104 cm³/mol. The van der Waals surface area contributed by atoms with Gasteiger partial charge in [0, 0.05) is 12.3 Å². The summed E-state index contributed by atoms with van der Waals surface area (Å²) in [7, 11) is 0. The van der Waals surface area contributed by atoms with Crippen LogP contribution in [0.4, 0.5) is 11.4 Å². The molecule has 0 saturated carbocycles. The first-order valence-corrected chi connectivity index (χ1v) is 9.06. The Kier molecular flexibility index (Phi) is 6.12. The molecule has 3 rings (SSSR count). The Labute approximate surface area is 154 Å². The van der Waals surface area contributed by atoms with Gasteiger partial charge in [-0.2, -0.15) is 0 Å². The quantitative estimate of drug-likeness (QED) is 0.791. The Balaban J connectivity index is 1.55. The number of hydrogen-bond acceptors (Lipinski definition) is 4. The molecule has 1 aliphatic heterocycles. The molecular weight excluding hydrogens is 328 g/mol. The van der Waals surface area contributed by atoms with Gasteiger partial charge in [0.15, 0.2) is 0 Å². The fourth-order valence-electron chi connectivity index (χ4n) is 2.94. The fourth-order valence-corrected chi connectivity index (χ4v) is 2.94. The van der Waals surface area contributed by atoms with Gasteiger partial charge in [0.05, 0.1) is 18.3 Å².